The zero-order valence-corrected chi connectivity index (χ0v) is 14.3. The maximum Gasteiger partial charge on any atom is 0.223 e. The number of rotatable bonds is 5. The molecule has 1 aliphatic rings. The van der Waals surface area contributed by atoms with E-state index >= 15 is 0 Å². The van der Waals surface area contributed by atoms with Gasteiger partial charge in [-0.15, -0.1) is 10.2 Å². The second-order valence-electron chi connectivity index (χ2n) is 6.22. The molecule has 128 valence electrons. The third-order valence-corrected chi connectivity index (χ3v) is 4.64. The second-order valence-corrected chi connectivity index (χ2v) is 6.22. The molecule has 1 fully saturated rings. The van der Waals surface area contributed by atoms with Crippen molar-refractivity contribution in [2.45, 2.75) is 31.8 Å². The first-order valence-corrected chi connectivity index (χ1v) is 8.47. The largest absolute Gasteiger partial charge is 0.366 e. The molecule has 2 atom stereocenters. The number of nitrogens with zero attached hydrogens (tertiary/aromatic N) is 4. The highest BCUT2D eigenvalue weighted by Gasteiger charge is 2.29. The maximum atomic E-state index is 12.8. The summed E-state index contributed by atoms with van der Waals surface area (Å²) in [5, 5.41) is 8.01. The van der Waals surface area contributed by atoms with Crippen molar-refractivity contribution in [3.63, 3.8) is 0 Å². The van der Waals surface area contributed by atoms with Crippen LogP contribution in [-0.2, 0) is 16.6 Å². The van der Waals surface area contributed by atoms with Gasteiger partial charge in [-0.1, -0.05) is 37.3 Å². The van der Waals surface area contributed by atoms with Crippen LogP contribution in [0.5, 0.6) is 0 Å². The van der Waals surface area contributed by atoms with E-state index in [1.165, 1.54) is 5.56 Å². The van der Waals surface area contributed by atoms with E-state index in [4.69, 9.17) is 4.74 Å². The minimum Gasteiger partial charge on any atom is -0.366 e. The number of aryl methyl sites for hydroxylation is 1. The number of amides is 1. The lowest BCUT2D eigenvalue weighted by Crippen LogP contribution is -2.43. The van der Waals surface area contributed by atoms with E-state index in [-0.39, 0.29) is 17.9 Å². The second kappa shape index (κ2) is 7.57. The normalized spacial score (nSPS) is 19.2. The Morgan fingerprint density at radius 1 is 1.38 bits per heavy atom. The molecule has 1 amide bonds. The molecule has 0 unspecified atom stereocenters. The molecule has 0 saturated carbocycles. The van der Waals surface area contributed by atoms with E-state index in [2.05, 4.69) is 29.3 Å². The number of carbonyl (C=O) groups is 1. The van der Waals surface area contributed by atoms with Gasteiger partial charge >= 0.3 is 0 Å². The van der Waals surface area contributed by atoms with Crippen molar-refractivity contribution in [2.75, 3.05) is 19.7 Å². The average molecular weight is 328 g/mol. The Morgan fingerprint density at radius 2 is 2.17 bits per heavy atom. The molecule has 1 aromatic carbocycles. The van der Waals surface area contributed by atoms with Crippen LogP contribution in [0.25, 0.3) is 0 Å². The predicted octanol–water partition coefficient (Wildman–Crippen LogP) is 2.30. The van der Waals surface area contributed by atoms with Crippen molar-refractivity contribution in [1.29, 1.82) is 0 Å². The van der Waals surface area contributed by atoms with Gasteiger partial charge in [0.25, 0.3) is 0 Å². The molecule has 0 bridgehead atoms. The Bertz CT molecular complexity index is 671. The zero-order valence-electron chi connectivity index (χ0n) is 14.3. The van der Waals surface area contributed by atoms with Crippen molar-refractivity contribution in [3.8, 4) is 0 Å². The SMILES string of the molecule is CC[C@H](CC(=O)N1CCO[C@H](c2nncn2C)C1)c1ccccc1. The van der Waals surface area contributed by atoms with E-state index in [0.717, 1.165) is 12.2 Å². The third kappa shape index (κ3) is 3.64. The number of aromatic nitrogens is 3. The zero-order chi connectivity index (χ0) is 16.9. The summed E-state index contributed by atoms with van der Waals surface area (Å²) in [6.07, 6.45) is 2.94. The van der Waals surface area contributed by atoms with Crippen LogP contribution < -0.4 is 0 Å². The first-order valence-electron chi connectivity index (χ1n) is 8.47. The highest BCUT2D eigenvalue weighted by molar-refractivity contribution is 5.77. The lowest BCUT2D eigenvalue weighted by molar-refractivity contribution is -0.139. The van der Waals surface area contributed by atoms with E-state index in [1.807, 2.05) is 34.7 Å². The summed E-state index contributed by atoms with van der Waals surface area (Å²) >= 11 is 0. The molecule has 3 rings (SSSR count). The smallest absolute Gasteiger partial charge is 0.223 e. The summed E-state index contributed by atoms with van der Waals surface area (Å²) in [4.78, 5) is 14.7. The molecule has 1 saturated heterocycles. The first kappa shape index (κ1) is 16.6. The highest BCUT2D eigenvalue weighted by atomic mass is 16.5. The molecule has 0 radical (unpaired) electrons. The van der Waals surface area contributed by atoms with Gasteiger partial charge in [0, 0.05) is 20.0 Å². The summed E-state index contributed by atoms with van der Waals surface area (Å²) in [6.45, 7) is 3.84. The fraction of sp³-hybridized carbons (Fsp3) is 0.500. The Kier molecular flexibility index (Phi) is 5.25. The van der Waals surface area contributed by atoms with Crippen molar-refractivity contribution >= 4 is 5.91 Å². The molecular formula is C18H24N4O2. The number of hydrogen-bond donors (Lipinski definition) is 0. The lowest BCUT2D eigenvalue weighted by Gasteiger charge is -2.33. The van der Waals surface area contributed by atoms with Crippen LogP contribution in [0.4, 0.5) is 0 Å². The monoisotopic (exact) mass is 328 g/mol. The van der Waals surface area contributed by atoms with Crippen LogP contribution >= 0.6 is 0 Å². The van der Waals surface area contributed by atoms with Gasteiger partial charge in [-0.05, 0) is 17.9 Å². The quantitative estimate of drug-likeness (QED) is 0.845. The fourth-order valence-electron chi connectivity index (χ4n) is 3.18. The van der Waals surface area contributed by atoms with Crippen LogP contribution in [0.15, 0.2) is 36.7 Å². The summed E-state index contributed by atoms with van der Waals surface area (Å²) < 4.78 is 7.63. The van der Waals surface area contributed by atoms with Crippen molar-refractivity contribution in [2.24, 2.45) is 7.05 Å². The standard InChI is InChI=1S/C18H24N4O2/c1-3-14(15-7-5-4-6-8-15)11-17(23)22-9-10-24-16(12-22)18-20-19-13-21(18)2/h4-8,13-14,16H,3,9-12H2,1-2H3/t14-,16+/m1/s1. The summed E-state index contributed by atoms with van der Waals surface area (Å²) in [5.74, 6) is 1.21. The number of hydrogen-bond acceptors (Lipinski definition) is 4. The summed E-state index contributed by atoms with van der Waals surface area (Å²) in [5.41, 5.74) is 1.23. The van der Waals surface area contributed by atoms with Crippen molar-refractivity contribution in [3.05, 3.63) is 48.0 Å². The minimum atomic E-state index is -0.202. The van der Waals surface area contributed by atoms with Crippen LogP contribution in [0.1, 0.15) is 43.2 Å². The number of ether oxygens (including phenoxy) is 1. The molecular weight excluding hydrogens is 304 g/mol. The number of morpholine rings is 1. The van der Waals surface area contributed by atoms with Crippen LogP contribution in [0, 0.1) is 0 Å². The molecule has 24 heavy (non-hydrogen) atoms. The first-order chi connectivity index (χ1) is 11.7. The van der Waals surface area contributed by atoms with Gasteiger partial charge in [0.2, 0.25) is 5.91 Å². The molecule has 0 N–H and O–H groups in total. The molecule has 6 nitrogen and oxygen atoms in total. The van der Waals surface area contributed by atoms with Crippen molar-refractivity contribution < 1.29 is 9.53 Å². The summed E-state index contributed by atoms with van der Waals surface area (Å²) in [7, 11) is 1.89. The minimum absolute atomic E-state index is 0.182. The summed E-state index contributed by atoms with van der Waals surface area (Å²) in [6, 6.07) is 10.3. The Morgan fingerprint density at radius 3 is 2.83 bits per heavy atom. The Labute approximate surface area is 142 Å². The van der Waals surface area contributed by atoms with E-state index < -0.39 is 0 Å². The molecule has 1 aliphatic heterocycles. The number of carbonyl (C=O) groups excluding carboxylic acids is 1. The predicted molar refractivity (Wildman–Crippen MR) is 90.4 cm³/mol. The van der Waals surface area contributed by atoms with Gasteiger partial charge in [0.15, 0.2) is 5.82 Å². The molecule has 6 heteroatoms. The molecule has 0 aliphatic carbocycles. The van der Waals surface area contributed by atoms with Gasteiger partial charge in [0.05, 0.1) is 13.2 Å². The highest BCUT2D eigenvalue weighted by Crippen LogP contribution is 2.26. The van der Waals surface area contributed by atoms with E-state index in [9.17, 15) is 4.79 Å². The van der Waals surface area contributed by atoms with Gasteiger partial charge in [0.1, 0.15) is 12.4 Å². The third-order valence-electron chi connectivity index (χ3n) is 4.64. The van der Waals surface area contributed by atoms with Crippen LogP contribution in [-0.4, -0.2) is 45.3 Å². The topological polar surface area (TPSA) is 60.3 Å². The maximum absolute atomic E-state index is 12.8. The molecule has 0 spiro atoms. The van der Waals surface area contributed by atoms with Gasteiger partial charge in [-0.3, -0.25) is 4.79 Å². The Balaban J connectivity index is 1.65. The average Bonchev–Trinajstić information content (AvgIpc) is 3.06. The fourth-order valence-corrected chi connectivity index (χ4v) is 3.18. The van der Waals surface area contributed by atoms with Gasteiger partial charge in [-0.2, -0.15) is 0 Å². The van der Waals surface area contributed by atoms with Crippen LogP contribution in [0.2, 0.25) is 0 Å². The Hall–Kier alpha value is -2.21. The van der Waals surface area contributed by atoms with Crippen LogP contribution in [0.3, 0.4) is 0 Å². The molecule has 2 aromatic rings. The van der Waals surface area contributed by atoms with Gasteiger partial charge in [-0.25, -0.2) is 0 Å². The lowest BCUT2D eigenvalue weighted by atomic mass is 9.92. The van der Waals surface area contributed by atoms with Crippen molar-refractivity contribution in [1.82, 2.24) is 19.7 Å². The number of benzene rings is 1. The molecule has 1 aromatic heterocycles. The van der Waals surface area contributed by atoms with Gasteiger partial charge < -0.3 is 14.2 Å². The molecule has 2 heterocycles. The van der Waals surface area contributed by atoms with E-state index in [0.29, 0.717) is 26.1 Å². The van der Waals surface area contributed by atoms with E-state index in [1.54, 1.807) is 6.33 Å².